The van der Waals surface area contributed by atoms with Crippen molar-refractivity contribution in [2.24, 2.45) is 5.92 Å². The summed E-state index contributed by atoms with van der Waals surface area (Å²) in [6.45, 7) is 4.66. The van der Waals surface area contributed by atoms with Gasteiger partial charge < -0.3 is 14.8 Å². The average molecular weight is 325 g/mol. The van der Waals surface area contributed by atoms with E-state index in [9.17, 15) is 0 Å². The summed E-state index contributed by atoms with van der Waals surface area (Å²) in [5, 5.41) is 12.0. The van der Waals surface area contributed by atoms with E-state index in [4.69, 9.17) is 14.7 Å². The molecule has 1 aromatic rings. The lowest BCUT2D eigenvalue weighted by atomic mass is 10.1. The van der Waals surface area contributed by atoms with Crippen LogP contribution in [0.3, 0.4) is 0 Å². The number of nitrogens with zero attached hydrogens (tertiary/aromatic N) is 1. The van der Waals surface area contributed by atoms with Crippen molar-refractivity contribution < 1.29 is 9.47 Å². The fourth-order valence-corrected chi connectivity index (χ4v) is 2.47. The fraction of sp³-hybridized carbons (Fsp3) is 0.500. The molecule has 4 nitrogen and oxygen atoms in total. The van der Waals surface area contributed by atoms with Gasteiger partial charge in [0.1, 0.15) is 0 Å². The highest BCUT2D eigenvalue weighted by Crippen LogP contribution is 2.38. The van der Waals surface area contributed by atoms with Crippen LogP contribution in [0.25, 0.3) is 0 Å². The van der Waals surface area contributed by atoms with Gasteiger partial charge in [0.05, 0.1) is 29.7 Å². The lowest BCUT2D eigenvalue weighted by Crippen LogP contribution is -2.19. The molecule has 0 saturated heterocycles. The highest BCUT2D eigenvalue weighted by molar-refractivity contribution is 9.10. The molecule has 0 aromatic heterocycles. The molecule has 1 atom stereocenters. The maximum Gasteiger partial charge on any atom is 0.175 e. The van der Waals surface area contributed by atoms with Crippen LogP contribution < -0.4 is 14.8 Å². The molecule has 0 spiro atoms. The maximum atomic E-state index is 8.73. The molecular weight excluding hydrogens is 308 g/mol. The summed E-state index contributed by atoms with van der Waals surface area (Å²) in [5.74, 6) is 1.59. The van der Waals surface area contributed by atoms with Crippen molar-refractivity contribution in [3.8, 4) is 17.6 Å². The zero-order valence-electron chi connectivity index (χ0n) is 10.9. The molecule has 5 heteroatoms. The second kappa shape index (κ2) is 6.78. The molecule has 1 aliphatic heterocycles. The third kappa shape index (κ3) is 3.85. The Morgan fingerprint density at radius 3 is 3.00 bits per heavy atom. The summed E-state index contributed by atoms with van der Waals surface area (Å²) in [6, 6.07) is 6.23. The van der Waals surface area contributed by atoms with Crippen LogP contribution in [0.15, 0.2) is 16.6 Å². The second-order valence-corrected chi connectivity index (χ2v) is 5.47. The van der Waals surface area contributed by atoms with E-state index in [0.29, 0.717) is 26.3 Å². The predicted molar refractivity (Wildman–Crippen MR) is 76.2 cm³/mol. The molecule has 1 aromatic carbocycles. The molecule has 0 amide bonds. The predicted octanol–water partition coefficient (Wildman–Crippen LogP) is 2.86. The highest BCUT2D eigenvalue weighted by Gasteiger charge is 2.15. The summed E-state index contributed by atoms with van der Waals surface area (Å²) < 4.78 is 12.3. The first-order valence-corrected chi connectivity index (χ1v) is 7.18. The number of benzene rings is 1. The van der Waals surface area contributed by atoms with Crippen molar-refractivity contribution in [3.63, 3.8) is 0 Å². The van der Waals surface area contributed by atoms with E-state index in [1.807, 2.05) is 19.1 Å². The van der Waals surface area contributed by atoms with Crippen molar-refractivity contribution in [2.45, 2.75) is 19.9 Å². The van der Waals surface area contributed by atoms with Gasteiger partial charge in [0.2, 0.25) is 0 Å². The van der Waals surface area contributed by atoms with Crippen molar-refractivity contribution in [3.05, 3.63) is 22.2 Å². The van der Waals surface area contributed by atoms with E-state index in [1.54, 1.807) is 0 Å². The zero-order chi connectivity index (χ0) is 13.7. The molecule has 1 N–H and O–H groups in total. The van der Waals surface area contributed by atoms with Crippen LogP contribution in [-0.2, 0) is 6.54 Å². The number of hydrogen-bond donors (Lipinski definition) is 1. The Morgan fingerprint density at radius 2 is 2.21 bits per heavy atom. The van der Waals surface area contributed by atoms with Crippen LogP contribution >= 0.6 is 15.9 Å². The number of hydrogen-bond acceptors (Lipinski definition) is 4. The minimum Gasteiger partial charge on any atom is -0.490 e. The maximum absolute atomic E-state index is 8.73. The Hall–Kier alpha value is -1.25. The molecule has 19 heavy (non-hydrogen) atoms. The number of nitriles is 1. The van der Waals surface area contributed by atoms with Crippen LogP contribution in [0, 0.1) is 17.2 Å². The Morgan fingerprint density at radius 1 is 1.42 bits per heavy atom. The fourth-order valence-electron chi connectivity index (χ4n) is 1.86. The van der Waals surface area contributed by atoms with E-state index >= 15 is 0 Å². The average Bonchev–Trinajstić information content (AvgIpc) is 2.64. The van der Waals surface area contributed by atoms with Crippen molar-refractivity contribution in [1.29, 1.82) is 5.26 Å². The summed E-state index contributed by atoms with van der Waals surface area (Å²) in [6.07, 6.45) is 0.897. The Bertz CT molecular complexity index is 485. The van der Waals surface area contributed by atoms with Crippen LogP contribution in [0.5, 0.6) is 11.5 Å². The molecule has 0 bridgehead atoms. The molecule has 0 radical (unpaired) electrons. The SMILES string of the molecule is CC(C#N)CNCc1cc(Br)c2c(c1)OCCCO2. The summed E-state index contributed by atoms with van der Waals surface area (Å²) >= 11 is 3.52. The number of ether oxygens (including phenoxy) is 2. The highest BCUT2D eigenvalue weighted by atomic mass is 79.9. The van der Waals surface area contributed by atoms with E-state index in [1.165, 1.54) is 0 Å². The van der Waals surface area contributed by atoms with Gasteiger partial charge in [0.25, 0.3) is 0 Å². The first kappa shape index (κ1) is 14.2. The summed E-state index contributed by atoms with van der Waals surface area (Å²) in [4.78, 5) is 0. The van der Waals surface area contributed by atoms with E-state index in [0.717, 1.165) is 28.0 Å². The van der Waals surface area contributed by atoms with Crippen LogP contribution in [-0.4, -0.2) is 19.8 Å². The van der Waals surface area contributed by atoms with E-state index in [-0.39, 0.29) is 5.92 Å². The molecular formula is C14H17BrN2O2. The van der Waals surface area contributed by atoms with Gasteiger partial charge in [0, 0.05) is 19.5 Å². The van der Waals surface area contributed by atoms with E-state index in [2.05, 4.69) is 27.3 Å². The topological polar surface area (TPSA) is 54.3 Å². The van der Waals surface area contributed by atoms with Crippen LogP contribution in [0.1, 0.15) is 18.9 Å². The summed E-state index contributed by atoms with van der Waals surface area (Å²) in [5.41, 5.74) is 1.11. The normalized spacial score (nSPS) is 15.4. The Balaban J connectivity index is 2.04. The quantitative estimate of drug-likeness (QED) is 0.925. The Labute approximate surface area is 121 Å². The minimum absolute atomic E-state index is 0.0175. The first-order chi connectivity index (χ1) is 9.20. The molecule has 102 valence electrons. The van der Waals surface area contributed by atoms with Gasteiger partial charge in [-0.25, -0.2) is 0 Å². The second-order valence-electron chi connectivity index (χ2n) is 4.62. The molecule has 1 aliphatic rings. The number of rotatable bonds is 4. The van der Waals surface area contributed by atoms with Gasteiger partial charge in [-0.1, -0.05) is 0 Å². The molecule has 0 saturated carbocycles. The van der Waals surface area contributed by atoms with Gasteiger partial charge in [-0.2, -0.15) is 5.26 Å². The Kier molecular flexibility index (Phi) is 5.06. The van der Waals surface area contributed by atoms with Crippen LogP contribution in [0.2, 0.25) is 0 Å². The molecule has 1 unspecified atom stereocenters. The summed E-state index contributed by atoms with van der Waals surface area (Å²) in [7, 11) is 0. The van der Waals surface area contributed by atoms with Gasteiger partial charge in [-0.3, -0.25) is 0 Å². The van der Waals surface area contributed by atoms with Crippen molar-refractivity contribution >= 4 is 15.9 Å². The first-order valence-electron chi connectivity index (χ1n) is 6.39. The lowest BCUT2D eigenvalue weighted by molar-refractivity contribution is 0.296. The van der Waals surface area contributed by atoms with Crippen molar-refractivity contribution in [1.82, 2.24) is 5.32 Å². The third-order valence-electron chi connectivity index (χ3n) is 2.86. The van der Waals surface area contributed by atoms with Gasteiger partial charge in [-0.15, -0.1) is 0 Å². The zero-order valence-corrected chi connectivity index (χ0v) is 12.5. The largest absolute Gasteiger partial charge is 0.490 e. The number of halogens is 1. The smallest absolute Gasteiger partial charge is 0.175 e. The van der Waals surface area contributed by atoms with E-state index < -0.39 is 0 Å². The monoisotopic (exact) mass is 324 g/mol. The standard InChI is InChI=1S/C14H17BrN2O2/c1-10(7-16)8-17-9-11-5-12(15)14-13(6-11)18-3-2-4-19-14/h5-6,10,17H,2-4,8-9H2,1H3. The van der Waals surface area contributed by atoms with Crippen molar-refractivity contribution in [2.75, 3.05) is 19.8 Å². The molecule has 0 fully saturated rings. The van der Waals surface area contributed by atoms with Gasteiger partial charge in [0.15, 0.2) is 11.5 Å². The molecule has 0 aliphatic carbocycles. The van der Waals surface area contributed by atoms with Crippen LogP contribution in [0.4, 0.5) is 0 Å². The minimum atomic E-state index is 0.0175. The van der Waals surface area contributed by atoms with Gasteiger partial charge in [-0.05, 0) is 40.5 Å². The lowest BCUT2D eigenvalue weighted by Gasteiger charge is -2.12. The molecule has 1 heterocycles. The molecule has 2 rings (SSSR count). The third-order valence-corrected chi connectivity index (χ3v) is 3.45. The van der Waals surface area contributed by atoms with Gasteiger partial charge >= 0.3 is 0 Å². The number of fused-ring (bicyclic) bond motifs is 1. The number of nitrogens with one attached hydrogen (secondary N) is 1.